The highest BCUT2D eigenvalue weighted by molar-refractivity contribution is 4.83. The summed E-state index contributed by atoms with van der Waals surface area (Å²) in [4.78, 5) is 2.47. The Balaban J connectivity index is 0.000000561. The Hall–Kier alpha value is -0.0800. The molecular formula is C10H24N2. The SMILES string of the molecule is CC.CNCC1CCC(C)N1C. The second-order valence-corrected chi connectivity index (χ2v) is 3.30. The number of hydrogen-bond acceptors (Lipinski definition) is 2. The normalized spacial score (nSPS) is 29.8. The van der Waals surface area contributed by atoms with Crippen LogP contribution in [0.25, 0.3) is 0 Å². The van der Waals surface area contributed by atoms with Crippen molar-refractivity contribution in [2.75, 3.05) is 20.6 Å². The lowest BCUT2D eigenvalue weighted by Gasteiger charge is -2.22. The van der Waals surface area contributed by atoms with Crippen LogP contribution in [0, 0.1) is 0 Å². The lowest BCUT2D eigenvalue weighted by atomic mass is 10.2. The molecule has 2 atom stereocenters. The van der Waals surface area contributed by atoms with Crippen molar-refractivity contribution in [2.45, 2.75) is 45.7 Å². The first kappa shape index (κ1) is 11.9. The Kier molecular flexibility index (Phi) is 6.39. The molecule has 1 aliphatic rings. The molecule has 0 aromatic rings. The standard InChI is InChI=1S/C8H18N2.C2H6/c1-7-4-5-8(6-9-2)10(7)3;1-2/h7-9H,4-6H2,1-3H3;1-2H3. The Morgan fingerprint density at radius 2 is 1.92 bits per heavy atom. The first-order valence-electron chi connectivity index (χ1n) is 5.12. The van der Waals surface area contributed by atoms with E-state index in [9.17, 15) is 0 Å². The van der Waals surface area contributed by atoms with Gasteiger partial charge in [0.15, 0.2) is 0 Å². The third kappa shape index (κ3) is 3.11. The van der Waals surface area contributed by atoms with Crippen LogP contribution in [-0.4, -0.2) is 37.6 Å². The van der Waals surface area contributed by atoms with E-state index < -0.39 is 0 Å². The monoisotopic (exact) mass is 172 g/mol. The summed E-state index contributed by atoms with van der Waals surface area (Å²) in [6, 6.07) is 1.57. The van der Waals surface area contributed by atoms with E-state index >= 15 is 0 Å². The summed E-state index contributed by atoms with van der Waals surface area (Å²) in [5.41, 5.74) is 0. The van der Waals surface area contributed by atoms with Crippen molar-refractivity contribution in [2.24, 2.45) is 0 Å². The summed E-state index contributed by atoms with van der Waals surface area (Å²) < 4.78 is 0. The smallest absolute Gasteiger partial charge is 0.0220 e. The van der Waals surface area contributed by atoms with Crippen LogP contribution < -0.4 is 5.32 Å². The van der Waals surface area contributed by atoms with Crippen molar-refractivity contribution in [3.8, 4) is 0 Å². The molecular weight excluding hydrogens is 148 g/mol. The third-order valence-electron chi connectivity index (χ3n) is 2.63. The summed E-state index contributed by atoms with van der Waals surface area (Å²) in [6.45, 7) is 7.44. The van der Waals surface area contributed by atoms with Gasteiger partial charge in [0, 0.05) is 18.6 Å². The van der Waals surface area contributed by atoms with E-state index in [1.807, 2.05) is 20.9 Å². The summed E-state index contributed by atoms with van der Waals surface area (Å²) in [6.07, 6.45) is 2.72. The average molecular weight is 172 g/mol. The number of hydrogen-bond donors (Lipinski definition) is 1. The molecule has 1 fully saturated rings. The summed E-state index contributed by atoms with van der Waals surface area (Å²) in [5, 5.41) is 3.22. The fourth-order valence-electron chi connectivity index (χ4n) is 1.68. The molecule has 1 saturated heterocycles. The van der Waals surface area contributed by atoms with Gasteiger partial charge in [0.05, 0.1) is 0 Å². The largest absolute Gasteiger partial charge is 0.318 e. The van der Waals surface area contributed by atoms with Crippen molar-refractivity contribution in [3.05, 3.63) is 0 Å². The Morgan fingerprint density at radius 1 is 1.33 bits per heavy atom. The van der Waals surface area contributed by atoms with Gasteiger partial charge in [-0.15, -0.1) is 0 Å². The van der Waals surface area contributed by atoms with Crippen molar-refractivity contribution in [1.29, 1.82) is 0 Å². The summed E-state index contributed by atoms with van der Waals surface area (Å²) >= 11 is 0. The third-order valence-corrected chi connectivity index (χ3v) is 2.63. The predicted octanol–water partition coefficient (Wildman–Crippen LogP) is 1.71. The molecule has 0 amide bonds. The molecule has 1 heterocycles. The molecule has 0 aliphatic carbocycles. The van der Waals surface area contributed by atoms with Crippen LogP contribution in [0.4, 0.5) is 0 Å². The molecule has 74 valence electrons. The van der Waals surface area contributed by atoms with E-state index in [-0.39, 0.29) is 0 Å². The van der Waals surface area contributed by atoms with Crippen LogP contribution in [0.1, 0.15) is 33.6 Å². The summed E-state index contributed by atoms with van der Waals surface area (Å²) in [5.74, 6) is 0. The van der Waals surface area contributed by atoms with Crippen molar-refractivity contribution >= 4 is 0 Å². The maximum Gasteiger partial charge on any atom is 0.0220 e. The molecule has 0 saturated carbocycles. The van der Waals surface area contributed by atoms with Crippen molar-refractivity contribution in [3.63, 3.8) is 0 Å². The van der Waals surface area contributed by atoms with Gasteiger partial charge in [0.1, 0.15) is 0 Å². The molecule has 2 nitrogen and oxygen atoms in total. The first-order chi connectivity index (χ1) is 5.75. The van der Waals surface area contributed by atoms with E-state index in [1.54, 1.807) is 0 Å². The fourth-order valence-corrected chi connectivity index (χ4v) is 1.68. The van der Waals surface area contributed by atoms with E-state index in [1.165, 1.54) is 12.8 Å². The van der Waals surface area contributed by atoms with Gasteiger partial charge in [-0.25, -0.2) is 0 Å². The molecule has 0 aromatic carbocycles. The quantitative estimate of drug-likeness (QED) is 0.682. The van der Waals surface area contributed by atoms with Gasteiger partial charge in [0.25, 0.3) is 0 Å². The van der Waals surface area contributed by atoms with Crippen LogP contribution in [0.3, 0.4) is 0 Å². The lowest BCUT2D eigenvalue weighted by Crippen LogP contribution is -2.36. The maximum absolute atomic E-state index is 3.22. The van der Waals surface area contributed by atoms with Crippen molar-refractivity contribution < 1.29 is 0 Å². The molecule has 1 rings (SSSR count). The van der Waals surface area contributed by atoms with Crippen LogP contribution in [0.2, 0.25) is 0 Å². The average Bonchev–Trinajstić information content (AvgIpc) is 2.41. The zero-order valence-electron chi connectivity index (χ0n) is 9.22. The minimum atomic E-state index is 0.778. The van der Waals surface area contributed by atoms with Crippen LogP contribution in [0.5, 0.6) is 0 Å². The van der Waals surface area contributed by atoms with Gasteiger partial charge in [-0.3, -0.25) is 4.90 Å². The van der Waals surface area contributed by atoms with E-state index in [4.69, 9.17) is 0 Å². The fraction of sp³-hybridized carbons (Fsp3) is 1.00. The van der Waals surface area contributed by atoms with E-state index in [0.29, 0.717) is 0 Å². The number of likely N-dealkylation sites (N-methyl/N-ethyl adjacent to an activating group) is 2. The number of likely N-dealkylation sites (tertiary alicyclic amines) is 1. The predicted molar refractivity (Wildman–Crippen MR) is 55.5 cm³/mol. The van der Waals surface area contributed by atoms with Gasteiger partial charge in [-0.05, 0) is 33.9 Å². The van der Waals surface area contributed by atoms with Gasteiger partial charge >= 0.3 is 0 Å². The molecule has 0 bridgehead atoms. The van der Waals surface area contributed by atoms with Crippen LogP contribution >= 0.6 is 0 Å². The van der Waals surface area contributed by atoms with Gasteiger partial charge < -0.3 is 5.32 Å². The maximum atomic E-state index is 3.22. The van der Waals surface area contributed by atoms with E-state index in [0.717, 1.165) is 18.6 Å². The highest BCUT2D eigenvalue weighted by Crippen LogP contribution is 2.20. The molecule has 2 unspecified atom stereocenters. The molecule has 0 aromatic heterocycles. The molecule has 1 N–H and O–H groups in total. The molecule has 0 spiro atoms. The zero-order valence-corrected chi connectivity index (χ0v) is 9.22. The van der Waals surface area contributed by atoms with Gasteiger partial charge in [0.2, 0.25) is 0 Å². The number of rotatable bonds is 2. The highest BCUT2D eigenvalue weighted by atomic mass is 15.2. The Morgan fingerprint density at radius 3 is 2.25 bits per heavy atom. The highest BCUT2D eigenvalue weighted by Gasteiger charge is 2.25. The Labute approximate surface area is 77.3 Å². The lowest BCUT2D eigenvalue weighted by molar-refractivity contribution is 0.250. The second kappa shape index (κ2) is 6.44. The second-order valence-electron chi connectivity index (χ2n) is 3.30. The van der Waals surface area contributed by atoms with Gasteiger partial charge in [-0.1, -0.05) is 13.8 Å². The van der Waals surface area contributed by atoms with E-state index in [2.05, 4.69) is 24.2 Å². The Bertz CT molecular complexity index is 102. The topological polar surface area (TPSA) is 15.3 Å². The molecule has 12 heavy (non-hydrogen) atoms. The number of nitrogens with zero attached hydrogens (tertiary/aromatic N) is 1. The molecule has 1 aliphatic heterocycles. The zero-order chi connectivity index (χ0) is 9.56. The minimum Gasteiger partial charge on any atom is -0.318 e. The van der Waals surface area contributed by atoms with Gasteiger partial charge in [-0.2, -0.15) is 0 Å². The van der Waals surface area contributed by atoms with Crippen LogP contribution in [-0.2, 0) is 0 Å². The van der Waals surface area contributed by atoms with Crippen LogP contribution in [0.15, 0.2) is 0 Å². The molecule has 0 radical (unpaired) electrons. The number of nitrogens with one attached hydrogen (secondary N) is 1. The summed E-state index contributed by atoms with van der Waals surface area (Å²) in [7, 11) is 4.25. The minimum absolute atomic E-state index is 0.778. The molecule has 2 heteroatoms. The first-order valence-corrected chi connectivity index (χ1v) is 5.12. The van der Waals surface area contributed by atoms with Crippen molar-refractivity contribution in [1.82, 2.24) is 10.2 Å².